The minimum absolute atomic E-state index is 0.0180. The van der Waals surface area contributed by atoms with Crippen molar-refractivity contribution >= 4 is 17.7 Å². The highest BCUT2D eigenvalue weighted by Gasteiger charge is 2.41. The summed E-state index contributed by atoms with van der Waals surface area (Å²) in [5, 5.41) is 8.03. The van der Waals surface area contributed by atoms with E-state index in [1.807, 2.05) is 0 Å². The number of benzene rings is 1. The molecule has 1 aromatic rings. The number of amides is 3. The molecule has 10 heteroatoms. The highest BCUT2D eigenvalue weighted by molar-refractivity contribution is 6.05. The van der Waals surface area contributed by atoms with E-state index in [4.69, 9.17) is 0 Å². The average Bonchev–Trinajstić information content (AvgIpc) is 3.07. The normalized spacial score (nSPS) is 25.0. The zero-order valence-corrected chi connectivity index (χ0v) is 17.6. The van der Waals surface area contributed by atoms with Crippen molar-refractivity contribution in [1.82, 2.24) is 20.9 Å². The fraction of sp³-hybridized carbons (Fsp3) is 0.591. The van der Waals surface area contributed by atoms with Crippen molar-refractivity contribution in [3.8, 4) is 0 Å². The molecule has 174 valence electrons. The minimum Gasteiger partial charge on any atom is -0.322 e. The van der Waals surface area contributed by atoms with Gasteiger partial charge in [-0.2, -0.15) is 13.2 Å². The Labute approximate surface area is 184 Å². The molecular weight excluding hydrogens is 425 g/mol. The number of hydrogen-bond donors (Lipinski definition) is 3. The molecule has 0 aromatic heterocycles. The first-order valence-electron chi connectivity index (χ1n) is 11.0. The van der Waals surface area contributed by atoms with Crippen molar-refractivity contribution in [2.24, 2.45) is 0 Å². The number of alkyl halides is 3. The van der Waals surface area contributed by atoms with Crippen LogP contribution in [0.3, 0.4) is 0 Å². The largest absolute Gasteiger partial charge is 0.403 e. The maximum absolute atomic E-state index is 13.6. The molecule has 32 heavy (non-hydrogen) atoms. The van der Waals surface area contributed by atoms with E-state index in [0.717, 1.165) is 31.4 Å². The van der Waals surface area contributed by atoms with Gasteiger partial charge in [0.2, 0.25) is 11.8 Å². The van der Waals surface area contributed by atoms with Gasteiger partial charge in [-0.25, -0.2) is 0 Å². The van der Waals surface area contributed by atoms with Crippen molar-refractivity contribution in [3.05, 3.63) is 34.9 Å². The molecule has 3 atom stereocenters. The number of hydrogen-bond acceptors (Lipinski definition) is 5. The number of carbonyl (C=O) groups is 3. The van der Waals surface area contributed by atoms with Crippen LogP contribution in [0.25, 0.3) is 0 Å². The number of nitrogens with one attached hydrogen (secondary N) is 3. The summed E-state index contributed by atoms with van der Waals surface area (Å²) in [5.41, 5.74) is 1.70. The summed E-state index contributed by atoms with van der Waals surface area (Å²) in [5.74, 6) is -1.19. The summed E-state index contributed by atoms with van der Waals surface area (Å²) in [7, 11) is 0. The fourth-order valence-electron chi connectivity index (χ4n) is 4.70. The van der Waals surface area contributed by atoms with Gasteiger partial charge in [-0.15, -0.1) is 0 Å². The van der Waals surface area contributed by atoms with E-state index in [0.29, 0.717) is 11.1 Å². The number of imide groups is 1. The molecule has 0 bridgehead atoms. The van der Waals surface area contributed by atoms with Crippen LogP contribution in [0, 0.1) is 0 Å². The lowest BCUT2D eigenvalue weighted by Gasteiger charge is -2.29. The van der Waals surface area contributed by atoms with Crippen LogP contribution >= 0.6 is 0 Å². The van der Waals surface area contributed by atoms with Gasteiger partial charge in [0.05, 0.1) is 0 Å². The van der Waals surface area contributed by atoms with Crippen LogP contribution < -0.4 is 16.0 Å². The maximum Gasteiger partial charge on any atom is 0.403 e. The first kappa shape index (κ1) is 22.7. The molecular formula is C22H27F3N4O3. The van der Waals surface area contributed by atoms with Gasteiger partial charge < -0.3 is 15.5 Å². The molecule has 1 aromatic carbocycles. The van der Waals surface area contributed by atoms with Crippen LogP contribution in [-0.4, -0.2) is 53.5 Å². The lowest BCUT2D eigenvalue weighted by atomic mass is 9.97. The predicted octanol–water partition coefficient (Wildman–Crippen LogP) is 2.00. The van der Waals surface area contributed by atoms with Crippen LogP contribution in [-0.2, 0) is 22.7 Å². The van der Waals surface area contributed by atoms with Crippen molar-refractivity contribution in [2.45, 2.75) is 75.9 Å². The molecule has 3 aliphatic rings. The van der Waals surface area contributed by atoms with Crippen LogP contribution in [0.15, 0.2) is 18.2 Å². The van der Waals surface area contributed by atoms with Gasteiger partial charge >= 0.3 is 6.18 Å². The molecule has 3 heterocycles. The van der Waals surface area contributed by atoms with Gasteiger partial charge in [-0.1, -0.05) is 18.6 Å². The minimum atomic E-state index is -4.37. The third-order valence-corrected chi connectivity index (χ3v) is 6.47. The lowest BCUT2D eigenvalue weighted by Crippen LogP contribution is -2.52. The Balaban J connectivity index is 1.41. The molecule has 3 unspecified atom stereocenters. The number of halogens is 3. The molecule has 0 saturated carbocycles. The Bertz CT molecular complexity index is 899. The first-order valence-corrected chi connectivity index (χ1v) is 11.0. The predicted molar refractivity (Wildman–Crippen MR) is 109 cm³/mol. The molecule has 4 rings (SSSR count). The number of fused-ring (bicyclic) bond motifs is 1. The quantitative estimate of drug-likeness (QED) is 0.575. The van der Waals surface area contributed by atoms with Crippen molar-refractivity contribution in [2.75, 3.05) is 6.54 Å². The summed E-state index contributed by atoms with van der Waals surface area (Å²) in [6.07, 6.45) is -1.32. The smallest absolute Gasteiger partial charge is 0.322 e. The van der Waals surface area contributed by atoms with E-state index in [9.17, 15) is 27.6 Å². The third kappa shape index (κ3) is 4.96. The number of nitrogens with zero attached hydrogens (tertiary/aromatic N) is 1. The molecule has 7 nitrogen and oxygen atoms in total. The van der Waals surface area contributed by atoms with Crippen LogP contribution in [0.5, 0.6) is 0 Å². The van der Waals surface area contributed by atoms with Gasteiger partial charge in [-0.05, 0) is 49.4 Å². The van der Waals surface area contributed by atoms with Crippen molar-refractivity contribution < 1.29 is 27.6 Å². The van der Waals surface area contributed by atoms with Crippen LogP contribution in [0.4, 0.5) is 13.2 Å². The topological polar surface area (TPSA) is 90.5 Å². The Morgan fingerprint density at radius 2 is 1.97 bits per heavy atom. The molecule has 0 aliphatic carbocycles. The maximum atomic E-state index is 13.6. The van der Waals surface area contributed by atoms with Crippen molar-refractivity contribution in [3.63, 3.8) is 0 Å². The molecule has 3 N–H and O–H groups in total. The van der Waals surface area contributed by atoms with Gasteiger partial charge in [0.1, 0.15) is 12.1 Å². The second kappa shape index (κ2) is 9.19. The van der Waals surface area contributed by atoms with E-state index in [-0.39, 0.29) is 50.2 Å². The Kier molecular flexibility index (Phi) is 6.52. The SMILES string of the molecule is O=C1CCC(N2Cc3ccc(CNC(CC4CCCCN4)C(F)(F)F)cc3C2=O)C(=O)N1. The molecule has 3 aliphatic heterocycles. The zero-order chi connectivity index (χ0) is 22.9. The van der Waals surface area contributed by atoms with E-state index in [1.54, 1.807) is 18.2 Å². The highest BCUT2D eigenvalue weighted by atomic mass is 19.4. The molecule has 0 radical (unpaired) electrons. The standard InChI is InChI=1S/C22H27F3N4O3/c23-22(24,25)18(10-15-3-1-2-8-26-15)27-11-13-4-5-14-12-29(21(32)16(14)9-13)17-6-7-19(30)28-20(17)31/h4-5,9,15,17-18,26-27H,1-3,6-8,10-12H2,(H,28,30,31). The Morgan fingerprint density at radius 3 is 2.66 bits per heavy atom. The van der Waals surface area contributed by atoms with E-state index in [2.05, 4.69) is 16.0 Å². The molecule has 3 amide bonds. The summed E-state index contributed by atoms with van der Waals surface area (Å²) in [6, 6.07) is 2.52. The van der Waals surface area contributed by atoms with E-state index in [1.165, 1.54) is 4.90 Å². The second-order valence-electron chi connectivity index (χ2n) is 8.75. The molecule has 0 spiro atoms. The van der Waals surface area contributed by atoms with Gasteiger partial charge in [-0.3, -0.25) is 19.7 Å². The summed E-state index contributed by atoms with van der Waals surface area (Å²) >= 11 is 0. The molecule has 2 saturated heterocycles. The van der Waals surface area contributed by atoms with E-state index < -0.39 is 24.2 Å². The van der Waals surface area contributed by atoms with Gasteiger partial charge in [0.25, 0.3) is 5.91 Å². The number of rotatable bonds is 6. The highest BCUT2D eigenvalue weighted by Crippen LogP contribution is 2.29. The molecule has 2 fully saturated rings. The summed E-state index contributed by atoms with van der Waals surface area (Å²) in [6.45, 7) is 0.967. The second-order valence-corrected chi connectivity index (χ2v) is 8.75. The van der Waals surface area contributed by atoms with Crippen LogP contribution in [0.2, 0.25) is 0 Å². The lowest BCUT2D eigenvalue weighted by molar-refractivity contribution is -0.159. The summed E-state index contributed by atoms with van der Waals surface area (Å²) in [4.78, 5) is 37.8. The Morgan fingerprint density at radius 1 is 1.16 bits per heavy atom. The first-order chi connectivity index (χ1) is 15.2. The Hall–Kier alpha value is -2.46. The number of piperidine rings is 2. The van der Waals surface area contributed by atoms with Crippen LogP contribution in [0.1, 0.15) is 60.0 Å². The zero-order valence-electron chi connectivity index (χ0n) is 17.6. The summed E-state index contributed by atoms with van der Waals surface area (Å²) < 4.78 is 40.7. The van der Waals surface area contributed by atoms with Gasteiger partial charge in [0.15, 0.2) is 0 Å². The fourth-order valence-corrected chi connectivity index (χ4v) is 4.70. The average molecular weight is 452 g/mol. The van der Waals surface area contributed by atoms with E-state index >= 15 is 0 Å². The van der Waals surface area contributed by atoms with Crippen molar-refractivity contribution in [1.29, 1.82) is 0 Å². The van der Waals surface area contributed by atoms with Gasteiger partial charge in [0, 0.05) is 31.1 Å². The monoisotopic (exact) mass is 452 g/mol. The third-order valence-electron chi connectivity index (χ3n) is 6.47. The number of carbonyl (C=O) groups excluding carboxylic acids is 3.